The number of carboxylic acids is 2. The van der Waals surface area contributed by atoms with Gasteiger partial charge < -0.3 is 31.1 Å². The number of fused-ring (bicyclic) bond motifs is 1. The Kier molecular flexibility index (Phi) is 9.53. The zero-order valence-corrected chi connectivity index (χ0v) is 23.0. The number of hydrogen-bond donors (Lipinski definition) is 5. The summed E-state index contributed by atoms with van der Waals surface area (Å²) in [6.45, 7) is 1.60. The van der Waals surface area contributed by atoms with Crippen LogP contribution < -0.4 is 16.0 Å². The number of carboxylic acid groups (broad SMARTS) is 2. The zero-order valence-electron chi connectivity index (χ0n) is 23.0. The third-order valence-electron chi connectivity index (χ3n) is 7.02. The average Bonchev–Trinajstić information content (AvgIpc) is 2.96. The first-order valence-electron chi connectivity index (χ1n) is 13.5. The lowest BCUT2D eigenvalue weighted by Gasteiger charge is -2.36. The maximum atomic E-state index is 13.5. The first kappa shape index (κ1) is 29.8. The van der Waals surface area contributed by atoms with Crippen LogP contribution in [-0.4, -0.2) is 57.5 Å². The topological polar surface area (TPSA) is 165 Å². The molecule has 0 bridgehead atoms. The van der Waals surface area contributed by atoms with Gasteiger partial charge in [0.15, 0.2) is 0 Å². The van der Waals surface area contributed by atoms with Crippen molar-refractivity contribution >= 4 is 41.2 Å². The van der Waals surface area contributed by atoms with Crippen molar-refractivity contribution in [3.63, 3.8) is 0 Å². The zero-order chi connectivity index (χ0) is 30.2. The molecule has 11 heteroatoms. The van der Waals surface area contributed by atoms with E-state index in [1.165, 1.54) is 11.8 Å². The number of carbonyl (C=O) groups excluding carboxylic acids is 3. The molecule has 3 aromatic rings. The van der Waals surface area contributed by atoms with Crippen LogP contribution in [0.1, 0.15) is 41.6 Å². The van der Waals surface area contributed by atoms with Crippen LogP contribution in [0.25, 0.3) is 0 Å². The number of benzene rings is 3. The predicted molar refractivity (Wildman–Crippen MR) is 155 cm³/mol. The van der Waals surface area contributed by atoms with E-state index in [0.717, 1.165) is 11.1 Å². The van der Waals surface area contributed by atoms with Crippen molar-refractivity contribution in [1.29, 1.82) is 0 Å². The fourth-order valence-electron chi connectivity index (χ4n) is 4.92. The van der Waals surface area contributed by atoms with Gasteiger partial charge in [-0.3, -0.25) is 14.4 Å². The Morgan fingerprint density at radius 2 is 1.55 bits per heavy atom. The summed E-state index contributed by atoms with van der Waals surface area (Å²) in [5.74, 6) is -3.08. The summed E-state index contributed by atoms with van der Waals surface area (Å²) in [7, 11) is 0. The third kappa shape index (κ3) is 7.72. The van der Waals surface area contributed by atoms with E-state index in [2.05, 4.69) is 16.0 Å². The summed E-state index contributed by atoms with van der Waals surface area (Å²) >= 11 is 0. The fourth-order valence-corrected chi connectivity index (χ4v) is 4.92. The van der Waals surface area contributed by atoms with Crippen molar-refractivity contribution in [2.45, 2.75) is 44.7 Å². The lowest BCUT2D eigenvalue weighted by atomic mass is 9.91. The van der Waals surface area contributed by atoms with Crippen LogP contribution in [0.2, 0.25) is 0 Å². The number of nitrogens with one attached hydrogen (secondary N) is 3. The Labute approximate surface area is 242 Å². The van der Waals surface area contributed by atoms with Gasteiger partial charge in [-0.2, -0.15) is 0 Å². The second-order valence-corrected chi connectivity index (χ2v) is 10.0. The van der Waals surface area contributed by atoms with Gasteiger partial charge in [0.05, 0.1) is 0 Å². The number of anilines is 2. The van der Waals surface area contributed by atoms with E-state index in [4.69, 9.17) is 5.11 Å². The summed E-state index contributed by atoms with van der Waals surface area (Å²) in [5.41, 5.74) is 3.90. The normalized spacial score (nSPS) is 14.7. The SMILES string of the molecule is CC(=O)N1CCc2cc(NC(=O)Nc3ccccc3)ccc2C1C(=O)NC(Cc1ccc(CCC(=O)O)cc1)C(=O)O. The molecule has 1 aliphatic heterocycles. The largest absolute Gasteiger partial charge is 0.481 e. The minimum Gasteiger partial charge on any atom is -0.481 e. The van der Waals surface area contributed by atoms with E-state index >= 15 is 0 Å². The lowest BCUT2D eigenvalue weighted by molar-refractivity contribution is -0.144. The van der Waals surface area contributed by atoms with Gasteiger partial charge in [0.2, 0.25) is 11.8 Å². The van der Waals surface area contributed by atoms with Crippen LogP contribution in [0.5, 0.6) is 0 Å². The molecule has 4 rings (SSSR count). The maximum Gasteiger partial charge on any atom is 0.326 e. The van der Waals surface area contributed by atoms with Crippen LogP contribution in [0, 0.1) is 0 Å². The van der Waals surface area contributed by atoms with E-state index in [-0.39, 0.29) is 25.3 Å². The molecule has 0 spiro atoms. The number of urea groups is 1. The monoisotopic (exact) mass is 572 g/mol. The van der Waals surface area contributed by atoms with Gasteiger partial charge in [-0.05, 0) is 59.4 Å². The number of aryl methyl sites for hydroxylation is 1. The molecule has 2 atom stereocenters. The lowest BCUT2D eigenvalue weighted by Crippen LogP contribution is -2.51. The minimum absolute atomic E-state index is 0.000678. The van der Waals surface area contributed by atoms with E-state index in [1.54, 1.807) is 66.7 Å². The second kappa shape index (κ2) is 13.4. The van der Waals surface area contributed by atoms with Crippen molar-refractivity contribution in [2.24, 2.45) is 0 Å². The number of para-hydroxylation sites is 1. The molecule has 4 amide bonds. The molecule has 0 saturated heterocycles. The van der Waals surface area contributed by atoms with Gasteiger partial charge >= 0.3 is 18.0 Å². The van der Waals surface area contributed by atoms with Crippen LogP contribution >= 0.6 is 0 Å². The average molecular weight is 573 g/mol. The standard InChI is InChI=1S/C31H32N4O7/c1-19(36)35-16-15-22-18-24(33-31(42)32-23-5-3-2-4-6-23)12-13-25(22)28(35)29(39)34-26(30(40)41)17-21-9-7-20(8-10-21)11-14-27(37)38/h2-10,12-13,18,26,28H,11,14-17H2,1H3,(H,34,39)(H,37,38)(H,40,41)(H2,32,33,42). The molecule has 11 nitrogen and oxygen atoms in total. The molecule has 218 valence electrons. The van der Waals surface area contributed by atoms with Gasteiger partial charge in [-0.15, -0.1) is 0 Å². The first-order valence-corrected chi connectivity index (χ1v) is 13.5. The third-order valence-corrected chi connectivity index (χ3v) is 7.02. The highest BCUT2D eigenvalue weighted by molar-refractivity contribution is 6.00. The van der Waals surface area contributed by atoms with Crippen molar-refractivity contribution in [2.75, 3.05) is 17.2 Å². The Morgan fingerprint density at radius 1 is 0.881 bits per heavy atom. The highest BCUT2D eigenvalue weighted by Gasteiger charge is 2.36. The highest BCUT2D eigenvalue weighted by Crippen LogP contribution is 2.32. The van der Waals surface area contributed by atoms with Crippen LogP contribution in [0.3, 0.4) is 0 Å². The van der Waals surface area contributed by atoms with Gasteiger partial charge in [-0.25, -0.2) is 9.59 Å². The molecular formula is C31H32N4O7. The quantitative estimate of drug-likeness (QED) is 0.248. The Hall–Kier alpha value is -5.19. The molecule has 1 heterocycles. The number of aliphatic carboxylic acids is 2. The summed E-state index contributed by atoms with van der Waals surface area (Å²) in [6, 6.07) is 18.2. The van der Waals surface area contributed by atoms with Gasteiger partial charge in [0, 0.05) is 37.7 Å². The van der Waals surface area contributed by atoms with Gasteiger partial charge in [0.25, 0.3) is 0 Å². The molecule has 0 fully saturated rings. The number of carbonyl (C=O) groups is 5. The molecule has 3 aromatic carbocycles. The number of rotatable bonds is 10. The van der Waals surface area contributed by atoms with E-state index < -0.39 is 36.0 Å². The van der Waals surface area contributed by atoms with Crippen LogP contribution in [0.4, 0.5) is 16.2 Å². The van der Waals surface area contributed by atoms with Crippen molar-refractivity contribution < 1.29 is 34.2 Å². The summed E-state index contributed by atoms with van der Waals surface area (Å²) in [4.78, 5) is 62.8. The Balaban J connectivity index is 1.48. The fraction of sp³-hybridized carbons (Fsp3) is 0.258. The van der Waals surface area contributed by atoms with Crippen molar-refractivity contribution in [3.05, 3.63) is 95.1 Å². The molecule has 0 radical (unpaired) electrons. The van der Waals surface area contributed by atoms with Crippen LogP contribution in [-0.2, 0) is 38.4 Å². The molecule has 0 aromatic heterocycles. The van der Waals surface area contributed by atoms with E-state index in [0.29, 0.717) is 35.3 Å². The van der Waals surface area contributed by atoms with Crippen LogP contribution in [0.15, 0.2) is 72.8 Å². The van der Waals surface area contributed by atoms with E-state index in [1.807, 2.05) is 6.07 Å². The molecule has 1 aliphatic rings. The molecule has 0 saturated carbocycles. The maximum absolute atomic E-state index is 13.5. The van der Waals surface area contributed by atoms with Crippen molar-refractivity contribution in [3.8, 4) is 0 Å². The smallest absolute Gasteiger partial charge is 0.326 e. The summed E-state index contributed by atoms with van der Waals surface area (Å²) < 4.78 is 0. The predicted octanol–water partition coefficient (Wildman–Crippen LogP) is 3.61. The highest BCUT2D eigenvalue weighted by atomic mass is 16.4. The molecule has 2 unspecified atom stereocenters. The number of hydrogen-bond acceptors (Lipinski definition) is 5. The minimum atomic E-state index is -1.26. The first-order chi connectivity index (χ1) is 20.1. The van der Waals surface area contributed by atoms with Crippen molar-refractivity contribution in [1.82, 2.24) is 10.2 Å². The number of nitrogens with zero attached hydrogens (tertiary/aromatic N) is 1. The molecule has 0 aliphatic carbocycles. The van der Waals surface area contributed by atoms with E-state index in [9.17, 15) is 29.1 Å². The summed E-state index contributed by atoms with van der Waals surface area (Å²) in [6.07, 6.45) is 0.789. The number of amides is 4. The Bertz CT molecular complexity index is 1470. The molecule has 42 heavy (non-hydrogen) atoms. The second-order valence-electron chi connectivity index (χ2n) is 10.0. The van der Waals surface area contributed by atoms with Gasteiger partial charge in [-0.1, -0.05) is 48.5 Å². The molecule has 5 N–H and O–H groups in total. The van der Waals surface area contributed by atoms with Gasteiger partial charge in [0.1, 0.15) is 12.1 Å². The molecular weight excluding hydrogens is 540 g/mol. The Morgan fingerprint density at radius 3 is 2.19 bits per heavy atom. The summed E-state index contributed by atoms with van der Waals surface area (Å²) in [5, 5.41) is 26.8.